The third-order valence-corrected chi connectivity index (χ3v) is 3.28. The third kappa shape index (κ3) is 3.92. The number of nitrogens with zero attached hydrogens (tertiary/aromatic N) is 2. The molecule has 1 aromatic heterocycles. The van der Waals surface area contributed by atoms with Crippen LogP contribution in [0.1, 0.15) is 24.5 Å². The molecule has 20 heavy (non-hydrogen) atoms. The lowest BCUT2D eigenvalue weighted by molar-refractivity contribution is 0.437. The van der Waals surface area contributed by atoms with E-state index in [0.29, 0.717) is 16.8 Å². The van der Waals surface area contributed by atoms with Crippen LogP contribution >= 0.6 is 11.6 Å². The van der Waals surface area contributed by atoms with E-state index < -0.39 is 0 Å². The number of aryl methyl sites for hydroxylation is 1. The Hall–Kier alpha value is -1.65. The van der Waals surface area contributed by atoms with Crippen molar-refractivity contribution < 1.29 is 4.74 Å². The Morgan fingerprint density at radius 3 is 2.60 bits per heavy atom. The van der Waals surface area contributed by atoms with Crippen molar-refractivity contribution in [2.75, 3.05) is 0 Å². The predicted molar refractivity (Wildman–Crippen MR) is 80.3 cm³/mol. The van der Waals surface area contributed by atoms with Gasteiger partial charge in [-0.25, -0.2) is 9.97 Å². The first-order chi connectivity index (χ1) is 9.58. The van der Waals surface area contributed by atoms with Crippen molar-refractivity contribution in [3.63, 3.8) is 0 Å². The van der Waals surface area contributed by atoms with Gasteiger partial charge in [-0.05, 0) is 49.1 Å². The average Bonchev–Trinajstić information content (AvgIpc) is 2.44. The highest BCUT2D eigenvalue weighted by atomic mass is 35.5. The van der Waals surface area contributed by atoms with Crippen molar-refractivity contribution in [3.05, 3.63) is 46.7 Å². The van der Waals surface area contributed by atoms with Crippen LogP contribution in [0.25, 0.3) is 0 Å². The standard InChI is InChI=1S/C15H18ClN3O/c1-3-13(17)7-11-8-18-15(19-9-11)20-14-5-4-12(16)6-10(14)2/h4-6,8-9,13H,3,7,17H2,1-2H3. The fraction of sp³-hybridized carbons (Fsp3) is 0.333. The number of aromatic nitrogens is 2. The minimum Gasteiger partial charge on any atom is -0.424 e. The molecule has 0 amide bonds. The van der Waals surface area contributed by atoms with Gasteiger partial charge >= 0.3 is 6.01 Å². The van der Waals surface area contributed by atoms with Crippen molar-refractivity contribution in [2.24, 2.45) is 5.73 Å². The van der Waals surface area contributed by atoms with Crippen molar-refractivity contribution in [1.82, 2.24) is 9.97 Å². The maximum atomic E-state index is 5.90. The maximum Gasteiger partial charge on any atom is 0.321 e. The van der Waals surface area contributed by atoms with Gasteiger partial charge in [0.25, 0.3) is 0 Å². The summed E-state index contributed by atoms with van der Waals surface area (Å²) in [6.07, 6.45) is 5.21. The van der Waals surface area contributed by atoms with Crippen molar-refractivity contribution in [3.8, 4) is 11.8 Å². The minimum absolute atomic E-state index is 0.142. The highest BCUT2D eigenvalue weighted by molar-refractivity contribution is 6.30. The summed E-state index contributed by atoms with van der Waals surface area (Å²) in [7, 11) is 0. The second kappa shape index (κ2) is 6.68. The first-order valence-electron chi connectivity index (χ1n) is 6.59. The summed E-state index contributed by atoms with van der Waals surface area (Å²) < 4.78 is 5.64. The molecular weight excluding hydrogens is 274 g/mol. The van der Waals surface area contributed by atoms with Crippen molar-refractivity contribution in [1.29, 1.82) is 0 Å². The van der Waals surface area contributed by atoms with Crippen molar-refractivity contribution in [2.45, 2.75) is 32.7 Å². The Balaban J connectivity index is 2.07. The summed E-state index contributed by atoms with van der Waals surface area (Å²) in [4.78, 5) is 8.41. The van der Waals surface area contributed by atoms with Gasteiger partial charge in [0.2, 0.25) is 0 Å². The number of hydrogen-bond donors (Lipinski definition) is 1. The van der Waals surface area contributed by atoms with Crippen LogP contribution in [0.4, 0.5) is 0 Å². The molecule has 0 saturated heterocycles. The number of benzene rings is 1. The van der Waals surface area contributed by atoms with E-state index in [1.807, 2.05) is 19.1 Å². The largest absolute Gasteiger partial charge is 0.424 e. The van der Waals surface area contributed by atoms with Crippen LogP contribution in [0, 0.1) is 6.92 Å². The lowest BCUT2D eigenvalue weighted by atomic mass is 10.1. The summed E-state index contributed by atoms with van der Waals surface area (Å²) in [6, 6.07) is 5.89. The van der Waals surface area contributed by atoms with Gasteiger partial charge in [0.15, 0.2) is 0 Å². The zero-order chi connectivity index (χ0) is 14.5. The summed E-state index contributed by atoms with van der Waals surface area (Å²) in [5.41, 5.74) is 7.86. The van der Waals surface area contributed by atoms with E-state index in [1.165, 1.54) is 0 Å². The monoisotopic (exact) mass is 291 g/mol. The van der Waals surface area contributed by atoms with E-state index in [2.05, 4.69) is 16.9 Å². The average molecular weight is 292 g/mol. The number of hydrogen-bond acceptors (Lipinski definition) is 4. The molecule has 0 spiro atoms. The molecule has 0 aliphatic heterocycles. The smallest absolute Gasteiger partial charge is 0.321 e. The summed E-state index contributed by atoms with van der Waals surface area (Å²) in [6.45, 7) is 3.99. The molecule has 1 aromatic carbocycles. The Labute approximate surface area is 124 Å². The molecule has 4 nitrogen and oxygen atoms in total. The lowest BCUT2D eigenvalue weighted by Crippen LogP contribution is -2.21. The highest BCUT2D eigenvalue weighted by Crippen LogP contribution is 2.25. The predicted octanol–water partition coefficient (Wildman–Crippen LogP) is 3.51. The topological polar surface area (TPSA) is 61.0 Å². The molecule has 0 aliphatic carbocycles. The first-order valence-corrected chi connectivity index (χ1v) is 6.96. The van der Waals surface area contributed by atoms with E-state index in [4.69, 9.17) is 22.1 Å². The molecule has 0 saturated carbocycles. The van der Waals surface area contributed by atoms with Crippen LogP contribution in [0.15, 0.2) is 30.6 Å². The molecule has 0 fully saturated rings. The second-order valence-electron chi connectivity index (χ2n) is 4.76. The summed E-state index contributed by atoms with van der Waals surface area (Å²) in [5.74, 6) is 0.701. The molecule has 1 unspecified atom stereocenters. The number of ether oxygens (including phenoxy) is 1. The maximum absolute atomic E-state index is 5.90. The van der Waals surface area contributed by atoms with Gasteiger partial charge in [0.05, 0.1) is 0 Å². The van der Waals surface area contributed by atoms with Crippen LogP contribution in [0.2, 0.25) is 5.02 Å². The Kier molecular flexibility index (Phi) is 4.93. The number of halogens is 1. The highest BCUT2D eigenvalue weighted by Gasteiger charge is 2.06. The Bertz CT molecular complexity index is 572. The lowest BCUT2D eigenvalue weighted by Gasteiger charge is -2.09. The zero-order valence-electron chi connectivity index (χ0n) is 11.6. The van der Waals surface area contributed by atoms with Gasteiger partial charge < -0.3 is 10.5 Å². The van der Waals surface area contributed by atoms with Crippen LogP contribution in [0.5, 0.6) is 11.8 Å². The van der Waals surface area contributed by atoms with Gasteiger partial charge in [-0.3, -0.25) is 0 Å². The van der Waals surface area contributed by atoms with E-state index in [9.17, 15) is 0 Å². The number of nitrogens with two attached hydrogens (primary N) is 1. The fourth-order valence-electron chi connectivity index (χ4n) is 1.77. The van der Waals surface area contributed by atoms with E-state index >= 15 is 0 Å². The van der Waals surface area contributed by atoms with E-state index in [1.54, 1.807) is 18.5 Å². The normalized spacial score (nSPS) is 12.2. The number of rotatable bonds is 5. The SMILES string of the molecule is CCC(N)Cc1cnc(Oc2ccc(Cl)cc2C)nc1. The molecule has 1 atom stereocenters. The van der Waals surface area contributed by atoms with Crippen LogP contribution in [0.3, 0.4) is 0 Å². The molecule has 2 N–H and O–H groups in total. The molecule has 0 radical (unpaired) electrons. The first kappa shape index (κ1) is 14.8. The van der Waals surface area contributed by atoms with Gasteiger partial charge in [0, 0.05) is 23.5 Å². The molecule has 0 bridgehead atoms. The van der Waals surface area contributed by atoms with Gasteiger partial charge in [-0.1, -0.05) is 18.5 Å². The molecule has 106 valence electrons. The quantitative estimate of drug-likeness (QED) is 0.916. The Morgan fingerprint density at radius 1 is 1.30 bits per heavy atom. The van der Waals surface area contributed by atoms with Gasteiger partial charge in [-0.15, -0.1) is 0 Å². The molecule has 5 heteroatoms. The summed E-state index contributed by atoms with van der Waals surface area (Å²) >= 11 is 5.90. The van der Waals surface area contributed by atoms with Crippen LogP contribution in [-0.2, 0) is 6.42 Å². The second-order valence-corrected chi connectivity index (χ2v) is 5.19. The summed E-state index contributed by atoms with van der Waals surface area (Å²) in [5, 5.41) is 0.680. The zero-order valence-corrected chi connectivity index (χ0v) is 12.4. The minimum atomic E-state index is 0.142. The van der Waals surface area contributed by atoms with Crippen LogP contribution in [-0.4, -0.2) is 16.0 Å². The Morgan fingerprint density at radius 2 is 2.00 bits per heavy atom. The van der Waals surface area contributed by atoms with E-state index in [-0.39, 0.29) is 6.04 Å². The molecule has 2 aromatic rings. The molecule has 1 heterocycles. The molecule has 0 aliphatic rings. The molecule has 2 rings (SSSR count). The fourth-order valence-corrected chi connectivity index (χ4v) is 2.00. The molecular formula is C15H18ClN3O. The van der Waals surface area contributed by atoms with Crippen molar-refractivity contribution >= 4 is 11.6 Å². The van der Waals surface area contributed by atoms with Gasteiger partial charge in [0.1, 0.15) is 5.75 Å². The van der Waals surface area contributed by atoms with Crippen LogP contribution < -0.4 is 10.5 Å². The third-order valence-electron chi connectivity index (χ3n) is 3.04. The van der Waals surface area contributed by atoms with Gasteiger partial charge in [-0.2, -0.15) is 0 Å². The van der Waals surface area contributed by atoms with E-state index in [0.717, 1.165) is 24.0 Å².